The third-order valence-corrected chi connectivity index (χ3v) is 3.53. The van der Waals surface area contributed by atoms with Crippen molar-refractivity contribution in [2.75, 3.05) is 0 Å². The van der Waals surface area contributed by atoms with E-state index in [1.54, 1.807) is 12.1 Å². The maximum atomic E-state index is 11.2. The Hall–Kier alpha value is -2.66. The highest BCUT2D eigenvalue weighted by molar-refractivity contribution is 7.99. The first-order chi connectivity index (χ1) is 9.55. The number of hydrogen-bond donors (Lipinski definition) is 1. The van der Waals surface area contributed by atoms with Crippen molar-refractivity contribution in [1.82, 2.24) is 14.8 Å². The summed E-state index contributed by atoms with van der Waals surface area (Å²) in [6, 6.07) is 6.56. The van der Waals surface area contributed by atoms with E-state index < -0.39 is 11.1 Å². The molecule has 0 radical (unpaired) electrons. The van der Waals surface area contributed by atoms with Gasteiger partial charge in [-0.2, -0.15) is 10.2 Å². The minimum absolute atomic E-state index is 0.241. The van der Waals surface area contributed by atoms with Gasteiger partial charge in [-0.15, -0.1) is 0 Å². The minimum Gasteiger partial charge on any atom is -0.298 e. The molecular formula is C12H8N4O3S. The Kier molecular flexibility index (Phi) is 3.81. The molecule has 0 amide bonds. The van der Waals surface area contributed by atoms with Gasteiger partial charge in [0.05, 0.1) is 5.56 Å². The number of aromatic amines is 1. The number of H-pyrrole nitrogens is 1. The van der Waals surface area contributed by atoms with E-state index in [-0.39, 0.29) is 5.16 Å². The number of hydrogen-bond acceptors (Lipinski definition) is 6. The lowest BCUT2D eigenvalue weighted by Gasteiger charge is -2.07. The van der Waals surface area contributed by atoms with Crippen LogP contribution in [0.5, 0.6) is 0 Å². The zero-order valence-corrected chi connectivity index (χ0v) is 11.1. The molecule has 0 atom stereocenters. The first kappa shape index (κ1) is 13.8. The molecule has 0 unspecified atom stereocenters. The van der Waals surface area contributed by atoms with Gasteiger partial charge in [-0.05, 0) is 23.9 Å². The molecule has 0 aliphatic carbocycles. The van der Waals surface area contributed by atoms with Crippen LogP contribution < -0.4 is 11.1 Å². The van der Waals surface area contributed by atoms with Crippen LogP contribution in [-0.2, 0) is 7.05 Å². The first-order valence-corrected chi connectivity index (χ1v) is 6.21. The van der Waals surface area contributed by atoms with Crippen molar-refractivity contribution in [3.05, 3.63) is 50.0 Å². The number of rotatable bonds is 3. The Morgan fingerprint density at radius 3 is 2.85 bits per heavy atom. The average molecular weight is 288 g/mol. The van der Waals surface area contributed by atoms with E-state index in [9.17, 15) is 14.4 Å². The van der Waals surface area contributed by atoms with E-state index in [1.807, 2.05) is 6.07 Å². The average Bonchev–Trinajstić information content (AvgIpc) is 2.45. The van der Waals surface area contributed by atoms with E-state index in [2.05, 4.69) is 10.1 Å². The lowest BCUT2D eigenvalue weighted by atomic mass is 10.1. The number of benzene rings is 1. The summed E-state index contributed by atoms with van der Waals surface area (Å²) in [4.78, 5) is 37.2. The maximum absolute atomic E-state index is 11.2. The Morgan fingerprint density at radius 2 is 2.20 bits per heavy atom. The van der Waals surface area contributed by atoms with Crippen LogP contribution in [0, 0.1) is 11.3 Å². The number of carbonyl (C=O) groups excluding carboxylic acids is 1. The molecule has 0 saturated heterocycles. The molecule has 1 aromatic heterocycles. The van der Waals surface area contributed by atoms with Crippen LogP contribution in [0.25, 0.3) is 0 Å². The number of nitrogens with zero attached hydrogens (tertiary/aromatic N) is 3. The van der Waals surface area contributed by atoms with Crippen molar-refractivity contribution in [2.24, 2.45) is 7.05 Å². The van der Waals surface area contributed by atoms with Gasteiger partial charge in [-0.25, -0.2) is 0 Å². The van der Waals surface area contributed by atoms with E-state index in [4.69, 9.17) is 5.26 Å². The van der Waals surface area contributed by atoms with Gasteiger partial charge < -0.3 is 0 Å². The predicted octanol–water partition coefficient (Wildman–Crippen LogP) is 0.304. The zero-order valence-electron chi connectivity index (χ0n) is 10.3. The molecular weight excluding hydrogens is 280 g/mol. The van der Waals surface area contributed by atoms with E-state index in [0.29, 0.717) is 22.3 Å². The van der Waals surface area contributed by atoms with Gasteiger partial charge in [0.2, 0.25) is 0 Å². The van der Waals surface area contributed by atoms with Crippen LogP contribution in [0.4, 0.5) is 0 Å². The summed E-state index contributed by atoms with van der Waals surface area (Å²) in [5.41, 5.74) is -1.03. The fourth-order valence-electron chi connectivity index (χ4n) is 1.45. The van der Waals surface area contributed by atoms with Gasteiger partial charge in [-0.1, -0.05) is 6.07 Å². The first-order valence-electron chi connectivity index (χ1n) is 5.39. The van der Waals surface area contributed by atoms with Gasteiger partial charge >= 0.3 is 11.1 Å². The Bertz CT molecular complexity index is 832. The monoisotopic (exact) mass is 288 g/mol. The summed E-state index contributed by atoms with van der Waals surface area (Å²) in [6.07, 6.45) is 0.642. The largest absolute Gasteiger partial charge is 0.339 e. The van der Waals surface area contributed by atoms with Gasteiger partial charge in [0.15, 0.2) is 5.16 Å². The van der Waals surface area contributed by atoms with Crippen molar-refractivity contribution < 1.29 is 4.79 Å². The molecule has 0 aliphatic heterocycles. The van der Waals surface area contributed by atoms with Crippen molar-refractivity contribution in [1.29, 1.82) is 5.26 Å². The van der Waals surface area contributed by atoms with Gasteiger partial charge in [0, 0.05) is 17.5 Å². The zero-order chi connectivity index (χ0) is 14.7. The van der Waals surface area contributed by atoms with Crippen LogP contribution in [0.1, 0.15) is 15.9 Å². The molecule has 0 spiro atoms. The van der Waals surface area contributed by atoms with Crippen LogP contribution in [-0.4, -0.2) is 21.1 Å². The third-order valence-electron chi connectivity index (χ3n) is 2.41. The molecule has 2 aromatic rings. The highest BCUT2D eigenvalue weighted by Crippen LogP contribution is 2.27. The fourth-order valence-corrected chi connectivity index (χ4v) is 2.31. The molecule has 0 saturated carbocycles. The molecule has 20 heavy (non-hydrogen) atoms. The molecule has 2 rings (SSSR count). The van der Waals surface area contributed by atoms with E-state index in [0.717, 1.165) is 11.8 Å². The fraction of sp³-hybridized carbons (Fsp3) is 0.0833. The van der Waals surface area contributed by atoms with Crippen molar-refractivity contribution in [3.63, 3.8) is 0 Å². The third kappa shape index (κ3) is 2.67. The molecule has 1 aromatic carbocycles. The van der Waals surface area contributed by atoms with Crippen LogP contribution >= 0.6 is 11.8 Å². The highest BCUT2D eigenvalue weighted by atomic mass is 32.2. The number of nitrogens with one attached hydrogen (secondary N) is 1. The molecule has 0 aliphatic rings. The predicted molar refractivity (Wildman–Crippen MR) is 70.8 cm³/mol. The summed E-state index contributed by atoms with van der Waals surface area (Å²) in [5.74, 6) is 0. The molecule has 8 heteroatoms. The van der Waals surface area contributed by atoms with Crippen LogP contribution in [0.3, 0.4) is 0 Å². The van der Waals surface area contributed by atoms with Crippen LogP contribution in [0.15, 0.2) is 37.8 Å². The Labute approximate surface area is 116 Å². The second-order valence-electron chi connectivity index (χ2n) is 3.79. The lowest BCUT2D eigenvalue weighted by Crippen LogP contribution is -2.33. The topological polar surface area (TPSA) is 109 Å². The molecule has 7 nitrogen and oxygen atoms in total. The quantitative estimate of drug-likeness (QED) is 0.643. The Balaban J connectivity index is 2.48. The number of aldehydes is 1. The van der Waals surface area contributed by atoms with Gasteiger partial charge in [0.1, 0.15) is 12.4 Å². The van der Waals surface area contributed by atoms with Crippen LogP contribution in [0.2, 0.25) is 0 Å². The Morgan fingerprint density at radius 1 is 1.45 bits per heavy atom. The summed E-state index contributed by atoms with van der Waals surface area (Å²) < 4.78 is 1.29. The lowest BCUT2D eigenvalue weighted by molar-refractivity contribution is 0.112. The van der Waals surface area contributed by atoms with Gasteiger partial charge in [0.25, 0.3) is 0 Å². The van der Waals surface area contributed by atoms with Gasteiger partial charge in [-0.3, -0.25) is 24.2 Å². The summed E-state index contributed by atoms with van der Waals surface area (Å²) in [5, 5.41) is 11.6. The second kappa shape index (κ2) is 5.54. The van der Waals surface area contributed by atoms with Crippen molar-refractivity contribution in [3.8, 4) is 6.07 Å². The number of aromatic nitrogens is 3. The minimum atomic E-state index is -0.895. The summed E-state index contributed by atoms with van der Waals surface area (Å²) in [6.45, 7) is 0. The highest BCUT2D eigenvalue weighted by Gasteiger charge is 2.10. The van der Waals surface area contributed by atoms with Crippen molar-refractivity contribution in [2.45, 2.75) is 10.1 Å². The van der Waals surface area contributed by atoms with E-state index in [1.165, 1.54) is 17.8 Å². The normalized spacial score (nSPS) is 10.0. The number of carbonyl (C=O) groups is 1. The molecule has 0 fully saturated rings. The van der Waals surface area contributed by atoms with E-state index >= 15 is 0 Å². The summed E-state index contributed by atoms with van der Waals surface area (Å²) >= 11 is 1.05. The smallest absolute Gasteiger partial charge is 0.298 e. The second-order valence-corrected chi connectivity index (χ2v) is 4.80. The maximum Gasteiger partial charge on any atom is 0.339 e. The molecule has 1 heterocycles. The molecule has 1 N–H and O–H groups in total. The molecule has 0 bridgehead atoms. The molecule has 100 valence electrons. The van der Waals surface area contributed by atoms with Crippen molar-refractivity contribution >= 4 is 18.0 Å². The number of nitriles is 1. The standard InChI is InChI=1S/C12H8N4O3S/c1-16-12(14-10(18)11(19)15-16)20-9-3-2-7(6-17)4-8(9)5-13/h2-4,6H,1H3,(H,15,19). The number of aryl methyl sites for hydroxylation is 1. The SMILES string of the molecule is Cn1[nH]c(=O)c(=O)nc1Sc1ccc(C=O)cc1C#N. The summed E-state index contributed by atoms with van der Waals surface area (Å²) in [7, 11) is 1.53.